The third-order valence-electron chi connectivity index (χ3n) is 3.76. The van der Waals surface area contributed by atoms with Crippen molar-refractivity contribution >= 4 is 33.9 Å². The molecule has 0 bridgehead atoms. The van der Waals surface area contributed by atoms with E-state index in [-0.39, 0.29) is 5.96 Å². The van der Waals surface area contributed by atoms with Gasteiger partial charge in [0.2, 0.25) is 0 Å². The van der Waals surface area contributed by atoms with Gasteiger partial charge in [-0.25, -0.2) is 4.98 Å². The lowest BCUT2D eigenvalue weighted by Crippen LogP contribution is -2.24. The largest absolute Gasteiger partial charge is 0.370 e. The van der Waals surface area contributed by atoms with E-state index in [1.807, 2.05) is 18.2 Å². The standard InChI is InChI=1S/C17H13N7O/c18-17(19)23-16(25)11-9-24(15-10(11)3-2-6-22-15)13-5-1-4-12-14(13)21-8-7-20-12/h1-9H,(H4,18,19,23,25). The van der Waals surface area contributed by atoms with Crippen molar-refractivity contribution in [3.05, 3.63) is 60.7 Å². The van der Waals surface area contributed by atoms with E-state index in [0.717, 1.165) is 11.2 Å². The number of hydrogen-bond donors (Lipinski definition) is 2. The summed E-state index contributed by atoms with van der Waals surface area (Å²) in [4.78, 5) is 29.1. The molecule has 0 spiro atoms. The number of carbonyl (C=O) groups is 1. The molecule has 0 aliphatic rings. The average molecular weight is 331 g/mol. The van der Waals surface area contributed by atoms with Gasteiger partial charge in [0.25, 0.3) is 5.91 Å². The lowest BCUT2D eigenvalue weighted by molar-refractivity contribution is 0.100. The summed E-state index contributed by atoms with van der Waals surface area (Å²) in [6.07, 6.45) is 6.57. The summed E-state index contributed by atoms with van der Waals surface area (Å²) >= 11 is 0. The number of amides is 1. The summed E-state index contributed by atoms with van der Waals surface area (Å²) in [5.74, 6) is -0.811. The Morgan fingerprint density at radius 2 is 1.84 bits per heavy atom. The smallest absolute Gasteiger partial charge is 0.282 e. The molecule has 8 heteroatoms. The molecule has 122 valence electrons. The Bertz CT molecular complexity index is 1140. The van der Waals surface area contributed by atoms with Crippen LogP contribution in [-0.4, -0.2) is 31.4 Å². The zero-order valence-corrected chi connectivity index (χ0v) is 13.0. The Morgan fingerprint density at radius 1 is 1.00 bits per heavy atom. The highest BCUT2D eigenvalue weighted by molar-refractivity contribution is 6.10. The van der Waals surface area contributed by atoms with Crippen molar-refractivity contribution in [2.45, 2.75) is 0 Å². The maximum absolute atomic E-state index is 12.4. The van der Waals surface area contributed by atoms with E-state index in [9.17, 15) is 4.79 Å². The number of nitrogens with two attached hydrogens (primary N) is 2. The van der Waals surface area contributed by atoms with Crippen molar-refractivity contribution in [1.29, 1.82) is 0 Å². The molecule has 0 atom stereocenters. The Balaban J connectivity index is 2.03. The van der Waals surface area contributed by atoms with Crippen LogP contribution in [-0.2, 0) is 0 Å². The van der Waals surface area contributed by atoms with Crippen LogP contribution >= 0.6 is 0 Å². The van der Waals surface area contributed by atoms with Crippen LogP contribution in [0.15, 0.2) is 60.1 Å². The van der Waals surface area contributed by atoms with Crippen LogP contribution in [0.3, 0.4) is 0 Å². The summed E-state index contributed by atoms with van der Waals surface area (Å²) in [5, 5.41) is 0.651. The van der Waals surface area contributed by atoms with Crippen LogP contribution in [0.5, 0.6) is 0 Å². The molecule has 0 saturated heterocycles. The number of aromatic nitrogens is 4. The fourth-order valence-electron chi connectivity index (χ4n) is 2.76. The van der Waals surface area contributed by atoms with Crippen LogP contribution < -0.4 is 11.5 Å². The molecule has 4 N–H and O–H groups in total. The van der Waals surface area contributed by atoms with E-state index >= 15 is 0 Å². The lowest BCUT2D eigenvalue weighted by atomic mass is 10.2. The Kier molecular flexibility index (Phi) is 3.35. The fourth-order valence-corrected chi connectivity index (χ4v) is 2.76. The average Bonchev–Trinajstić information content (AvgIpc) is 3.00. The predicted octanol–water partition coefficient (Wildman–Crippen LogP) is 1.38. The Labute approximate surface area is 141 Å². The highest BCUT2D eigenvalue weighted by atomic mass is 16.1. The molecule has 3 aromatic heterocycles. The molecule has 0 unspecified atom stereocenters. The minimum absolute atomic E-state index is 0.286. The van der Waals surface area contributed by atoms with Crippen LogP contribution in [0.4, 0.5) is 0 Å². The first-order valence-electron chi connectivity index (χ1n) is 7.45. The third-order valence-corrected chi connectivity index (χ3v) is 3.76. The quantitative estimate of drug-likeness (QED) is 0.422. The van der Waals surface area contributed by atoms with Crippen LogP contribution in [0.2, 0.25) is 0 Å². The monoisotopic (exact) mass is 331 g/mol. The van der Waals surface area contributed by atoms with Crippen molar-refractivity contribution in [2.24, 2.45) is 16.5 Å². The Morgan fingerprint density at radius 3 is 2.68 bits per heavy atom. The highest BCUT2D eigenvalue weighted by Gasteiger charge is 2.18. The molecule has 25 heavy (non-hydrogen) atoms. The van der Waals surface area contributed by atoms with Gasteiger partial charge in [-0.05, 0) is 24.3 Å². The maximum atomic E-state index is 12.4. The van der Waals surface area contributed by atoms with Gasteiger partial charge < -0.3 is 11.5 Å². The number of nitrogens with zero attached hydrogens (tertiary/aromatic N) is 5. The molecule has 1 aromatic carbocycles. The van der Waals surface area contributed by atoms with Crippen LogP contribution in [0, 0.1) is 0 Å². The fraction of sp³-hybridized carbons (Fsp3) is 0. The maximum Gasteiger partial charge on any atom is 0.282 e. The lowest BCUT2D eigenvalue weighted by Gasteiger charge is -2.07. The van der Waals surface area contributed by atoms with E-state index in [1.54, 1.807) is 41.5 Å². The summed E-state index contributed by atoms with van der Waals surface area (Å²) in [6, 6.07) is 9.18. The van der Waals surface area contributed by atoms with E-state index in [1.165, 1.54) is 0 Å². The van der Waals surface area contributed by atoms with Gasteiger partial charge in [0.1, 0.15) is 11.2 Å². The highest BCUT2D eigenvalue weighted by Crippen LogP contribution is 2.27. The molecule has 8 nitrogen and oxygen atoms in total. The molecule has 3 heterocycles. The molecule has 0 radical (unpaired) electrons. The van der Waals surface area contributed by atoms with E-state index in [0.29, 0.717) is 22.1 Å². The SMILES string of the molecule is NC(N)=NC(=O)c1cn(-c2cccc3nccnc23)c2ncccc12. The summed E-state index contributed by atoms with van der Waals surface area (Å²) in [5.41, 5.74) is 13.8. The van der Waals surface area contributed by atoms with Gasteiger partial charge in [0, 0.05) is 30.2 Å². The zero-order chi connectivity index (χ0) is 17.4. The van der Waals surface area contributed by atoms with Gasteiger partial charge in [-0.3, -0.25) is 19.3 Å². The van der Waals surface area contributed by atoms with Gasteiger partial charge in [-0.2, -0.15) is 4.99 Å². The van der Waals surface area contributed by atoms with Gasteiger partial charge in [0.15, 0.2) is 5.96 Å². The van der Waals surface area contributed by atoms with E-state index in [2.05, 4.69) is 19.9 Å². The molecule has 4 rings (SSSR count). The number of para-hydroxylation sites is 1. The normalized spacial score (nSPS) is 10.9. The summed E-state index contributed by atoms with van der Waals surface area (Å²) < 4.78 is 1.79. The van der Waals surface area contributed by atoms with Gasteiger partial charge in [0.05, 0.1) is 16.8 Å². The molecule has 0 aliphatic heterocycles. The minimum atomic E-state index is -0.525. The van der Waals surface area contributed by atoms with Crippen molar-refractivity contribution in [2.75, 3.05) is 0 Å². The second-order valence-electron chi connectivity index (χ2n) is 5.33. The molecule has 0 fully saturated rings. The molecular formula is C17H13N7O. The molecular weight excluding hydrogens is 318 g/mol. The number of guanidine groups is 1. The van der Waals surface area contributed by atoms with Crippen molar-refractivity contribution < 1.29 is 4.79 Å². The number of pyridine rings is 1. The van der Waals surface area contributed by atoms with E-state index < -0.39 is 5.91 Å². The number of hydrogen-bond acceptors (Lipinski definition) is 4. The number of fused-ring (bicyclic) bond motifs is 2. The van der Waals surface area contributed by atoms with Gasteiger partial charge >= 0.3 is 0 Å². The van der Waals surface area contributed by atoms with Gasteiger partial charge in [-0.1, -0.05) is 6.07 Å². The number of benzene rings is 1. The second kappa shape index (κ2) is 5.68. The number of aliphatic imine (C=N–C) groups is 1. The van der Waals surface area contributed by atoms with Crippen molar-refractivity contribution in [3.8, 4) is 5.69 Å². The summed E-state index contributed by atoms with van der Waals surface area (Å²) in [7, 11) is 0. The molecule has 4 aromatic rings. The topological polar surface area (TPSA) is 125 Å². The molecule has 1 amide bonds. The first kappa shape index (κ1) is 14.8. The zero-order valence-electron chi connectivity index (χ0n) is 13.0. The second-order valence-corrected chi connectivity index (χ2v) is 5.33. The molecule has 0 aliphatic carbocycles. The van der Waals surface area contributed by atoms with Gasteiger partial charge in [-0.15, -0.1) is 0 Å². The first-order valence-corrected chi connectivity index (χ1v) is 7.45. The first-order chi connectivity index (χ1) is 12.1. The number of carbonyl (C=O) groups excluding carboxylic acids is 1. The Hall–Kier alpha value is -3.81. The van der Waals surface area contributed by atoms with Crippen molar-refractivity contribution in [1.82, 2.24) is 19.5 Å². The number of rotatable bonds is 2. The predicted molar refractivity (Wildman–Crippen MR) is 94.3 cm³/mol. The summed E-state index contributed by atoms with van der Waals surface area (Å²) in [6.45, 7) is 0. The molecule has 0 saturated carbocycles. The van der Waals surface area contributed by atoms with Crippen molar-refractivity contribution in [3.63, 3.8) is 0 Å². The van der Waals surface area contributed by atoms with E-state index in [4.69, 9.17) is 11.5 Å². The van der Waals surface area contributed by atoms with Crippen LogP contribution in [0.1, 0.15) is 10.4 Å². The van der Waals surface area contributed by atoms with Crippen LogP contribution in [0.25, 0.3) is 27.8 Å². The minimum Gasteiger partial charge on any atom is -0.370 e. The third kappa shape index (κ3) is 2.45.